The Kier molecular flexibility index (Phi) is 5.70. The summed E-state index contributed by atoms with van der Waals surface area (Å²) in [6.07, 6.45) is 0. The predicted octanol–water partition coefficient (Wildman–Crippen LogP) is 4.96. The molecular formula is C25H20N4O2S2. The van der Waals surface area contributed by atoms with Crippen LogP contribution in [0.5, 0.6) is 0 Å². The van der Waals surface area contributed by atoms with Crippen LogP contribution in [0.4, 0.5) is 11.4 Å². The van der Waals surface area contributed by atoms with Gasteiger partial charge in [-0.1, -0.05) is 54.2 Å². The van der Waals surface area contributed by atoms with E-state index in [2.05, 4.69) is 17.0 Å². The molecule has 2 amide bonds. The van der Waals surface area contributed by atoms with Crippen molar-refractivity contribution in [1.82, 2.24) is 4.90 Å². The van der Waals surface area contributed by atoms with E-state index in [0.717, 1.165) is 21.2 Å². The average Bonchev–Trinajstić information content (AvgIpc) is 3.32. The Morgan fingerprint density at radius 3 is 2.33 bits per heavy atom. The van der Waals surface area contributed by atoms with Crippen molar-refractivity contribution in [3.63, 3.8) is 0 Å². The number of primary amides is 1. The number of rotatable bonds is 4. The van der Waals surface area contributed by atoms with E-state index in [4.69, 9.17) is 10.7 Å². The summed E-state index contributed by atoms with van der Waals surface area (Å²) in [4.78, 5) is 35.3. The Morgan fingerprint density at radius 2 is 1.64 bits per heavy atom. The minimum atomic E-state index is -0.488. The minimum Gasteiger partial charge on any atom is -0.366 e. The van der Waals surface area contributed by atoms with Crippen LogP contribution >= 0.6 is 23.5 Å². The molecule has 0 saturated carbocycles. The fourth-order valence-corrected chi connectivity index (χ4v) is 5.98. The monoisotopic (exact) mass is 472 g/mol. The molecule has 6 nitrogen and oxygen atoms in total. The first-order valence-electron chi connectivity index (χ1n) is 10.3. The van der Waals surface area contributed by atoms with Gasteiger partial charge in [-0.15, -0.1) is 0 Å². The van der Waals surface area contributed by atoms with Gasteiger partial charge in [0, 0.05) is 17.5 Å². The molecular weight excluding hydrogens is 452 g/mol. The number of anilines is 1. The number of nitrogens with zero attached hydrogens (tertiary/aromatic N) is 3. The number of amides is 2. The molecule has 0 radical (unpaired) electrons. The molecule has 2 heterocycles. The standard InChI is InChI=1S/C25H20N4O2S2/c1-28-19-9-5-6-10-20(19)32-24(28)21-23(31)29(15-16-7-3-2-4-8-16)25(33-21)27-18-13-11-17(12-14-18)22(26)30/h2-14H,15H2,1H3,(H2,26,30)/b24-21+,27-25?. The van der Waals surface area contributed by atoms with Crippen molar-refractivity contribution in [2.45, 2.75) is 11.4 Å². The third kappa shape index (κ3) is 4.15. The number of aliphatic imine (C=N–C) groups is 1. The molecule has 0 atom stereocenters. The smallest absolute Gasteiger partial charge is 0.269 e. The Balaban J connectivity index is 1.53. The summed E-state index contributed by atoms with van der Waals surface area (Å²) in [6.45, 7) is 0.420. The largest absolute Gasteiger partial charge is 0.366 e. The number of nitrogens with two attached hydrogens (primary N) is 1. The maximum absolute atomic E-state index is 13.6. The van der Waals surface area contributed by atoms with Gasteiger partial charge in [0.1, 0.15) is 4.91 Å². The number of thioether (sulfide) groups is 2. The highest BCUT2D eigenvalue weighted by Gasteiger charge is 2.39. The molecule has 3 aromatic carbocycles. The van der Waals surface area contributed by atoms with Gasteiger partial charge in [0.25, 0.3) is 5.91 Å². The van der Waals surface area contributed by atoms with Gasteiger partial charge < -0.3 is 10.6 Å². The molecule has 0 aromatic heterocycles. The molecule has 3 aromatic rings. The van der Waals surface area contributed by atoms with Crippen LogP contribution in [0.1, 0.15) is 15.9 Å². The van der Waals surface area contributed by atoms with E-state index in [-0.39, 0.29) is 5.91 Å². The predicted molar refractivity (Wildman–Crippen MR) is 134 cm³/mol. The first-order valence-corrected chi connectivity index (χ1v) is 11.9. The summed E-state index contributed by atoms with van der Waals surface area (Å²) in [5.41, 5.74) is 8.51. The Bertz CT molecular complexity index is 1300. The SMILES string of the molecule is CN1/C(=C2\SC(=Nc3ccc(C(N)=O)cc3)N(Cc3ccccc3)C2=O)Sc2ccccc21. The van der Waals surface area contributed by atoms with Gasteiger partial charge in [-0.25, -0.2) is 4.99 Å². The number of hydrogen-bond acceptors (Lipinski definition) is 6. The van der Waals surface area contributed by atoms with Crippen LogP contribution in [0.15, 0.2) is 98.7 Å². The number of fused-ring (bicyclic) bond motifs is 1. The number of benzene rings is 3. The van der Waals surface area contributed by atoms with Crippen LogP contribution in [-0.4, -0.2) is 28.9 Å². The summed E-state index contributed by atoms with van der Waals surface area (Å²) >= 11 is 2.97. The Hall–Kier alpha value is -3.49. The van der Waals surface area contributed by atoms with Crippen molar-refractivity contribution < 1.29 is 9.59 Å². The van der Waals surface area contributed by atoms with Crippen LogP contribution in [0.2, 0.25) is 0 Å². The van der Waals surface area contributed by atoms with Gasteiger partial charge >= 0.3 is 0 Å². The van der Waals surface area contributed by atoms with E-state index >= 15 is 0 Å². The lowest BCUT2D eigenvalue weighted by Crippen LogP contribution is -2.29. The molecule has 0 spiro atoms. The maximum atomic E-state index is 13.6. The molecule has 0 aliphatic carbocycles. The zero-order valence-corrected chi connectivity index (χ0v) is 19.4. The molecule has 0 bridgehead atoms. The van der Waals surface area contributed by atoms with Gasteiger partial charge in [0.05, 0.1) is 22.9 Å². The van der Waals surface area contributed by atoms with Crippen LogP contribution in [0, 0.1) is 0 Å². The van der Waals surface area contributed by atoms with Crippen molar-refractivity contribution in [1.29, 1.82) is 0 Å². The third-order valence-corrected chi connectivity index (χ3v) is 7.79. The molecule has 33 heavy (non-hydrogen) atoms. The lowest BCUT2D eigenvalue weighted by atomic mass is 10.2. The van der Waals surface area contributed by atoms with Gasteiger partial charge in [0.2, 0.25) is 5.91 Å². The van der Waals surface area contributed by atoms with Crippen LogP contribution < -0.4 is 10.6 Å². The second-order valence-electron chi connectivity index (χ2n) is 7.55. The quantitative estimate of drug-likeness (QED) is 0.543. The van der Waals surface area contributed by atoms with Gasteiger partial charge in [0.15, 0.2) is 5.17 Å². The second-order valence-corrected chi connectivity index (χ2v) is 9.56. The first kappa shape index (κ1) is 21.4. The summed E-state index contributed by atoms with van der Waals surface area (Å²) in [6, 6.07) is 24.7. The molecule has 2 aliphatic rings. The topological polar surface area (TPSA) is 79.0 Å². The molecule has 1 saturated heterocycles. The van der Waals surface area contributed by atoms with E-state index in [0.29, 0.717) is 27.9 Å². The molecule has 164 valence electrons. The van der Waals surface area contributed by atoms with Crippen molar-refractivity contribution in [2.75, 3.05) is 11.9 Å². The van der Waals surface area contributed by atoms with Crippen molar-refractivity contribution >= 4 is 51.9 Å². The maximum Gasteiger partial charge on any atom is 0.269 e. The van der Waals surface area contributed by atoms with Gasteiger partial charge in [-0.3, -0.25) is 14.5 Å². The molecule has 0 unspecified atom stereocenters. The normalized spacial score (nSPS) is 18.8. The van der Waals surface area contributed by atoms with E-state index in [1.165, 1.54) is 11.8 Å². The second kappa shape index (κ2) is 8.80. The molecule has 8 heteroatoms. The lowest BCUT2D eigenvalue weighted by molar-refractivity contribution is -0.122. The van der Waals surface area contributed by atoms with Crippen LogP contribution in [0.25, 0.3) is 0 Å². The number of hydrogen-bond donors (Lipinski definition) is 1. The average molecular weight is 473 g/mol. The summed E-state index contributed by atoms with van der Waals surface area (Å²) in [5.74, 6) is -0.559. The van der Waals surface area contributed by atoms with E-state index < -0.39 is 5.91 Å². The molecule has 5 rings (SSSR count). The summed E-state index contributed by atoms with van der Waals surface area (Å²) in [7, 11) is 1.98. The highest BCUT2D eigenvalue weighted by atomic mass is 32.2. The highest BCUT2D eigenvalue weighted by Crippen LogP contribution is 2.50. The molecule has 2 N–H and O–H groups in total. The number of para-hydroxylation sites is 1. The lowest BCUT2D eigenvalue weighted by Gasteiger charge is -2.16. The zero-order valence-electron chi connectivity index (χ0n) is 17.8. The zero-order chi connectivity index (χ0) is 22.9. The number of amidine groups is 1. The Morgan fingerprint density at radius 1 is 0.939 bits per heavy atom. The Labute approximate surface area is 200 Å². The van der Waals surface area contributed by atoms with Crippen LogP contribution in [0.3, 0.4) is 0 Å². The molecule has 2 aliphatic heterocycles. The number of carbonyl (C=O) groups is 2. The van der Waals surface area contributed by atoms with Crippen molar-refractivity contribution in [3.8, 4) is 0 Å². The summed E-state index contributed by atoms with van der Waals surface area (Å²) in [5, 5.41) is 1.50. The summed E-state index contributed by atoms with van der Waals surface area (Å²) < 4.78 is 0. The molecule has 1 fully saturated rings. The van der Waals surface area contributed by atoms with E-state index in [1.54, 1.807) is 40.9 Å². The fourth-order valence-electron chi connectivity index (χ4n) is 3.64. The van der Waals surface area contributed by atoms with Crippen molar-refractivity contribution in [3.05, 3.63) is 99.9 Å². The number of carbonyl (C=O) groups excluding carboxylic acids is 2. The van der Waals surface area contributed by atoms with Gasteiger partial charge in [-0.2, -0.15) is 0 Å². The van der Waals surface area contributed by atoms with Crippen molar-refractivity contribution in [2.24, 2.45) is 10.7 Å². The van der Waals surface area contributed by atoms with Crippen LogP contribution in [-0.2, 0) is 11.3 Å². The van der Waals surface area contributed by atoms with Gasteiger partial charge in [-0.05, 0) is 53.7 Å². The minimum absolute atomic E-state index is 0.0708. The fraction of sp³-hybridized carbons (Fsp3) is 0.0800. The third-order valence-electron chi connectivity index (χ3n) is 5.36. The van der Waals surface area contributed by atoms with E-state index in [1.807, 2.05) is 49.5 Å². The highest BCUT2D eigenvalue weighted by molar-refractivity contribution is 8.19. The van der Waals surface area contributed by atoms with E-state index in [9.17, 15) is 9.59 Å². The first-order chi connectivity index (χ1) is 16.0.